The Kier molecular flexibility index (Phi) is 5.15. The molecule has 1 unspecified atom stereocenters. The van der Waals surface area contributed by atoms with E-state index in [9.17, 15) is 9.90 Å². The third kappa shape index (κ3) is 3.49. The Bertz CT molecular complexity index is 1660. The fourth-order valence-electron chi connectivity index (χ4n) is 4.85. The second kappa shape index (κ2) is 8.22. The average molecular weight is 529 g/mol. The first-order valence-corrected chi connectivity index (χ1v) is 12.8. The van der Waals surface area contributed by atoms with Crippen LogP contribution in [0.4, 0.5) is 0 Å². The normalized spacial score (nSPS) is 17.1. The third-order valence-corrected chi connectivity index (χ3v) is 8.02. The van der Waals surface area contributed by atoms with Crippen molar-refractivity contribution in [3.8, 4) is 5.75 Å². The number of thiazole rings is 1. The van der Waals surface area contributed by atoms with Crippen LogP contribution in [0, 0.1) is 6.92 Å². The molecule has 6 rings (SSSR count). The lowest BCUT2D eigenvalue weighted by Gasteiger charge is -2.30. The minimum absolute atomic E-state index is 0.0842. The molecule has 0 saturated heterocycles. The van der Waals surface area contributed by atoms with Crippen LogP contribution in [0.1, 0.15) is 40.3 Å². The fraction of sp³-hybridized carbons (Fsp3) is 0.143. The molecule has 1 aliphatic heterocycles. The first-order chi connectivity index (χ1) is 16.5. The Morgan fingerprint density at radius 3 is 2.71 bits per heavy atom. The predicted molar refractivity (Wildman–Crippen MR) is 140 cm³/mol. The molecule has 1 aromatic heterocycles. The van der Waals surface area contributed by atoms with Crippen LogP contribution in [0.25, 0.3) is 11.8 Å². The maximum atomic E-state index is 13.8. The third-order valence-electron chi connectivity index (χ3n) is 6.54. The molecule has 168 valence electrons. The Hall–Kier alpha value is -3.22. The molecule has 2 heterocycles. The van der Waals surface area contributed by atoms with Crippen LogP contribution in [0.15, 0.2) is 86.6 Å². The summed E-state index contributed by atoms with van der Waals surface area (Å²) in [6.07, 6.45) is 3.56. The van der Waals surface area contributed by atoms with Crippen LogP contribution in [-0.4, -0.2) is 9.67 Å². The van der Waals surface area contributed by atoms with Crippen molar-refractivity contribution in [2.45, 2.75) is 25.8 Å². The van der Waals surface area contributed by atoms with Gasteiger partial charge in [0.1, 0.15) is 5.75 Å². The number of aromatic nitrogens is 1. The average Bonchev–Trinajstić information content (AvgIpc) is 3.15. The molecule has 4 aromatic rings. The second-order valence-electron chi connectivity index (χ2n) is 8.73. The van der Waals surface area contributed by atoms with Crippen LogP contribution in [0.3, 0.4) is 0 Å². The van der Waals surface area contributed by atoms with Gasteiger partial charge in [-0.05, 0) is 60.7 Å². The number of hydrogen-bond donors (Lipinski definition) is 1. The highest BCUT2D eigenvalue weighted by atomic mass is 79.9. The van der Waals surface area contributed by atoms with Crippen LogP contribution < -0.4 is 14.9 Å². The number of hydrogen-bond acceptors (Lipinski definition) is 4. The number of rotatable bonds is 2. The van der Waals surface area contributed by atoms with Gasteiger partial charge in [0.2, 0.25) is 0 Å². The van der Waals surface area contributed by atoms with Crippen molar-refractivity contribution in [2.24, 2.45) is 4.99 Å². The van der Waals surface area contributed by atoms with Gasteiger partial charge in [-0.15, -0.1) is 0 Å². The van der Waals surface area contributed by atoms with Gasteiger partial charge < -0.3 is 5.11 Å². The van der Waals surface area contributed by atoms with E-state index in [-0.39, 0.29) is 17.4 Å². The summed E-state index contributed by atoms with van der Waals surface area (Å²) >= 11 is 4.82. The molecule has 0 fully saturated rings. The summed E-state index contributed by atoms with van der Waals surface area (Å²) in [5, 5.41) is 10.3. The Morgan fingerprint density at radius 1 is 1.09 bits per heavy atom. The van der Waals surface area contributed by atoms with E-state index in [2.05, 4.69) is 71.4 Å². The van der Waals surface area contributed by atoms with Crippen LogP contribution in [0.2, 0.25) is 0 Å². The molecule has 3 aromatic carbocycles. The van der Waals surface area contributed by atoms with Gasteiger partial charge in [-0.2, -0.15) is 0 Å². The van der Waals surface area contributed by atoms with Crippen molar-refractivity contribution >= 4 is 39.0 Å². The van der Waals surface area contributed by atoms with E-state index in [1.165, 1.54) is 28.0 Å². The number of phenols is 1. The van der Waals surface area contributed by atoms with E-state index in [4.69, 9.17) is 4.99 Å². The van der Waals surface area contributed by atoms with Gasteiger partial charge in [0.25, 0.3) is 5.56 Å². The van der Waals surface area contributed by atoms with E-state index >= 15 is 0 Å². The Balaban J connectivity index is 1.64. The van der Waals surface area contributed by atoms with E-state index in [1.54, 1.807) is 18.2 Å². The highest BCUT2D eigenvalue weighted by Gasteiger charge is 2.32. The van der Waals surface area contributed by atoms with Crippen molar-refractivity contribution < 1.29 is 5.11 Å². The summed E-state index contributed by atoms with van der Waals surface area (Å²) in [5.74, 6) is 0.136. The quantitative estimate of drug-likeness (QED) is 0.393. The first-order valence-electron chi connectivity index (χ1n) is 11.2. The van der Waals surface area contributed by atoms with E-state index in [0.717, 1.165) is 34.1 Å². The highest BCUT2D eigenvalue weighted by molar-refractivity contribution is 9.10. The zero-order chi connectivity index (χ0) is 23.4. The minimum Gasteiger partial charge on any atom is -0.507 e. The van der Waals surface area contributed by atoms with Crippen molar-refractivity contribution in [1.82, 2.24) is 4.57 Å². The lowest BCUT2D eigenvalue weighted by atomic mass is 9.83. The van der Waals surface area contributed by atoms with Gasteiger partial charge in [0, 0.05) is 15.6 Å². The van der Waals surface area contributed by atoms with E-state index in [1.807, 2.05) is 10.6 Å². The lowest BCUT2D eigenvalue weighted by molar-refractivity contribution is 0.474. The molecular weight excluding hydrogens is 508 g/mol. The molecule has 0 amide bonds. The van der Waals surface area contributed by atoms with Crippen molar-refractivity contribution in [1.29, 1.82) is 0 Å². The van der Waals surface area contributed by atoms with Gasteiger partial charge in [-0.25, -0.2) is 4.99 Å². The summed E-state index contributed by atoms with van der Waals surface area (Å²) in [7, 11) is 0. The summed E-state index contributed by atoms with van der Waals surface area (Å²) in [5.41, 5.74) is 7.42. The minimum atomic E-state index is -0.196. The van der Waals surface area contributed by atoms with Gasteiger partial charge in [0.15, 0.2) is 4.80 Å². The monoisotopic (exact) mass is 528 g/mol. The molecule has 4 nitrogen and oxygen atoms in total. The Morgan fingerprint density at radius 2 is 1.88 bits per heavy atom. The summed E-state index contributed by atoms with van der Waals surface area (Å²) in [6, 6.07) is 21.9. The van der Waals surface area contributed by atoms with Crippen molar-refractivity contribution in [2.75, 3.05) is 0 Å². The molecular formula is C28H21BrN2O2S. The standard InChI is InChI=1S/C28H21BrN2O2S/c1-16-6-8-18(9-7-16)26-22-12-10-17-4-2-3-5-21(17)25(22)30-28-31(26)27(33)24(34-28)15-19-14-20(29)11-13-23(19)32/h2-9,11,13-15,26,32H,10,12H2,1H3. The summed E-state index contributed by atoms with van der Waals surface area (Å²) in [4.78, 5) is 19.5. The highest BCUT2D eigenvalue weighted by Crippen LogP contribution is 2.41. The predicted octanol–water partition coefficient (Wildman–Crippen LogP) is 5.10. The molecule has 34 heavy (non-hydrogen) atoms. The molecule has 0 spiro atoms. The summed E-state index contributed by atoms with van der Waals surface area (Å²) < 4.78 is 3.23. The summed E-state index contributed by atoms with van der Waals surface area (Å²) in [6.45, 7) is 2.07. The number of benzene rings is 3. The van der Waals surface area contributed by atoms with E-state index < -0.39 is 0 Å². The van der Waals surface area contributed by atoms with Crippen molar-refractivity contribution in [3.63, 3.8) is 0 Å². The molecule has 0 radical (unpaired) electrons. The first kappa shape index (κ1) is 21.3. The number of nitrogens with zero attached hydrogens (tertiary/aromatic N) is 2. The Labute approximate surface area is 209 Å². The number of aryl methyl sites for hydroxylation is 2. The number of aromatic hydroxyl groups is 1. The molecule has 2 aliphatic rings. The van der Waals surface area contributed by atoms with Crippen LogP contribution in [0.5, 0.6) is 5.75 Å². The molecule has 6 heteroatoms. The SMILES string of the molecule is Cc1ccc(C2C3=C(N=c4sc(=Cc5cc(Br)ccc5O)c(=O)n42)c2ccccc2CC3)cc1. The molecule has 1 atom stereocenters. The van der Waals surface area contributed by atoms with Gasteiger partial charge in [0.05, 0.1) is 16.3 Å². The number of halogens is 1. The van der Waals surface area contributed by atoms with E-state index in [0.29, 0.717) is 14.9 Å². The number of fused-ring (bicyclic) bond motifs is 3. The number of allylic oxidation sites excluding steroid dienone is 1. The smallest absolute Gasteiger partial charge is 0.271 e. The zero-order valence-corrected chi connectivity index (χ0v) is 20.9. The van der Waals surface area contributed by atoms with Crippen LogP contribution >= 0.6 is 27.3 Å². The lowest BCUT2D eigenvalue weighted by Crippen LogP contribution is -2.38. The maximum absolute atomic E-state index is 13.8. The van der Waals surface area contributed by atoms with Crippen molar-refractivity contribution in [3.05, 3.63) is 124 Å². The van der Waals surface area contributed by atoms with Gasteiger partial charge in [-0.1, -0.05) is 81.4 Å². The maximum Gasteiger partial charge on any atom is 0.271 e. The molecule has 0 bridgehead atoms. The molecule has 1 N–H and O–H groups in total. The number of phenolic OH excluding ortho intramolecular Hbond substituents is 1. The zero-order valence-electron chi connectivity index (χ0n) is 18.5. The second-order valence-corrected chi connectivity index (χ2v) is 10.7. The molecule has 0 saturated carbocycles. The molecule has 1 aliphatic carbocycles. The fourth-order valence-corrected chi connectivity index (χ4v) is 6.22. The largest absolute Gasteiger partial charge is 0.507 e. The van der Waals surface area contributed by atoms with Crippen LogP contribution in [-0.2, 0) is 6.42 Å². The van der Waals surface area contributed by atoms with Gasteiger partial charge >= 0.3 is 0 Å². The van der Waals surface area contributed by atoms with Gasteiger partial charge in [-0.3, -0.25) is 9.36 Å². The topological polar surface area (TPSA) is 54.6 Å².